The molecule has 0 spiro atoms. The molecule has 4 nitrogen and oxygen atoms in total. The quantitative estimate of drug-likeness (QED) is 0.811. The SMILES string of the molecule is CO[C@@H](CO)COc1ccc(OCc2ccccc2)cc1. The highest BCUT2D eigenvalue weighted by Gasteiger charge is 2.06. The molecule has 112 valence electrons. The molecule has 0 aliphatic rings. The molecule has 2 aromatic rings. The highest BCUT2D eigenvalue weighted by Crippen LogP contribution is 2.19. The molecule has 0 amide bonds. The Morgan fingerprint density at radius 1 is 0.905 bits per heavy atom. The molecule has 0 unspecified atom stereocenters. The van der Waals surface area contributed by atoms with Gasteiger partial charge >= 0.3 is 0 Å². The summed E-state index contributed by atoms with van der Waals surface area (Å²) in [5, 5.41) is 9.00. The zero-order chi connectivity index (χ0) is 14.9. The fourth-order valence-corrected chi connectivity index (χ4v) is 1.76. The lowest BCUT2D eigenvalue weighted by atomic mass is 10.2. The molecule has 0 aromatic heterocycles. The third-order valence-electron chi connectivity index (χ3n) is 3.04. The number of aliphatic hydroxyl groups is 1. The summed E-state index contributed by atoms with van der Waals surface area (Å²) in [4.78, 5) is 0. The van der Waals surface area contributed by atoms with Crippen LogP contribution in [0.1, 0.15) is 5.56 Å². The fourth-order valence-electron chi connectivity index (χ4n) is 1.76. The molecule has 0 heterocycles. The van der Waals surface area contributed by atoms with Gasteiger partial charge in [0, 0.05) is 7.11 Å². The summed E-state index contributed by atoms with van der Waals surface area (Å²) < 4.78 is 16.3. The monoisotopic (exact) mass is 288 g/mol. The van der Waals surface area contributed by atoms with Gasteiger partial charge in [0.05, 0.1) is 6.61 Å². The maximum Gasteiger partial charge on any atom is 0.120 e. The summed E-state index contributed by atoms with van der Waals surface area (Å²) >= 11 is 0. The molecule has 1 atom stereocenters. The van der Waals surface area contributed by atoms with Crippen LogP contribution in [-0.2, 0) is 11.3 Å². The summed E-state index contributed by atoms with van der Waals surface area (Å²) in [6, 6.07) is 17.4. The first-order valence-corrected chi connectivity index (χ1v) is 6.85. The van der Waals surface area contributed by atoms with Crippen molar-refractivity contribution < 1.29 is 19.3 Å². The Morgan fingerprint density at radius 2 is 1.52 bits per heavy atom. The van der Waals surface area contributed by atoms with Gasteiger partial charge in [-0.1, -0.05) is 30.3 Å². The van der Waals surface area contributed by atoms with E-state index in [1.54, 1.807) is 7.11 Å². The molecule has 0 saturated heterocycles. The molecule has 0 radical (unpaired) electrons. The van der Waals surface area contributed by atoms with Crippen LogP contribution in [0.5, 0.6) is 11.5 Å². The molecular weight excluding hydrogens is 268 g/mol. The van der Waals surface area contributed by atoms with Crippen molar-refractivity contribution in [2.24, 2.45) is 0 Å². The number of methoxy groups -OCH3 is 1. The van der Waals surface area contributed by atoms with Crippen LogP contribution in [0, 0.1) is 0 Å². The minimum atomic E-state index is -0.306. The average Bonchev–Trinajstić information content (AvgIpc) is 2.56. The van der Waals surface area contributed by atoms with E-state index in [2.05, 4.69) is 0 Å². The molecular formula is C17H20O4. The van der Waals surface area contributed by atoms with Gasteiger partial charge in [-0.2, -0.15) is 0 Å². The number of hydrogen-bond donors (Lipinski definition) is 1. The van der Waals surface area contributed by atoms with E-state index in [1.165, 1.54) is 0 Å². The summed E-state index contributed by atoms with van der Waals surface area (Å²) in [6.45, 7) is 0.795. The molecule has 2 rings (SSSR count). The third kappa shape index (κ3) is 5.10. The molecule has 0 bridgehead atoms. The van der Waals surface area contributed by atoms with Gasteiger partial charge in [-0.15, -0.1) is 0 Å². The van der Waals surface area contributed by atoms with Crippen molar-refractivity contribution in [3.8, 4) is 11.5 Å². The minimum Gasteiger partial charge on any atom is -0.491 e. The van der Waals surface area contributed by atoms with Gasteiger partial charge in [0.1, 0.15) is 30.8 Å². The van der Waals surface area contributed by atoms with Crippen molar-refractivity contribution in [1.82, 2.24) is 0 Å². The zero-order valence-electron chi connectivity index (χ0n) is 12.1. The Morgan fingerprint density at radius 3 is 2.10 bits per heavy atom. The van der Waals surface area contributed by atoms with Crippen LogP contribution in [0.3, 0.4) is 0 Å². The first kappa shape index (κ1) is 15.4. The van der Waals surface area contributed by atoms with Crippen LogP contribution in [0.25, 0.3) is 0 Å². The second-order valence-corrected chi connectivity index (χ2v) is 4.60. The summed E-state index contributed by atoms with van der Waals surface area (Å²) in [5.74, 6) is 1.51. The first-order valence-electron chi connectivity index (χ1n) is 6.85. The van der Waals surface area contributed by atoms with Crippen LogP contribution in [0.4, 0.5) is 0 Å². The number of rotatable bonds is 8. The highest BCUT2D eigenvalue weighted by atomic mass is 16.5. The van der Waals surface area contributed by atoms with Gasteiger partial charge < -0.3 is 19.3 Å². The number of hydrogen-bond acceptors (Lipinski definition) is 4. The van der Waals surface area contributed by atoms with Gasteiger partial charge in [0.15, 0.2) is 0 Å². The van der Waals surface area contributed by atoms with Crippen molar-refractivity contribution in [3.63, 3.8) is 0 Å². The van der Waals surface area contributed by atoms with E-state index >= 15 is 0 Å². The molecule has 2 aromatic carbocycles. The van der Waals surface area contributed by atoms with Crippen LogP contribution in [0.15, 0.2) is 54.6 Å². The van der Waals surface area contributed by atoms with Crippen molar-refractivity contribution >= 4 is 0 Å². The van der Waals surface area contributed by atoms with Gasteiger partial charge in [-0.25, -0.2) is 0 Å². The zero-order valence-corrected chi connectivity index (χ0v) is 12.1. The fraction of sp³-hybridized carbons (Fsp3) is 0.294. The molecule has 1 N–H and O–H groups in total. The van der Waals surface area contributed by atoms with E-state index in [4.69, 9.17) is 19.3 Å². The van der Waals surface area contributed by atoms with Gasteiger partial charge in [0.25, 0.3) is 0 Å². The standard InChI is InChI=1S/C17H20O4/c1-19-17(11-18)13-21-16-9-7-15(8-10-16)20-12-14-5-3-2-4-6-14/h2-10,17-18H,11-13H2,1H3/t17-/m0/s1. The maximum atomic E-state index is 9.00. The molecule has 4 heteroatoms. The molecule has 0 saturated carbocycles. The van der Waals surface area contributed by atoms with Crippen molar-refractivity contribution in [2.45, 2.75) is 12.7 Å². The van der Waals surface area contributed by atoms with Crippen LogP contribution in [-0.4, -0.2) is 31.5 Å². The van der Waals surface area contributed by atoms with Gasteiger partial charge in [0.2, 0.25) is 0 Å². The van der Waals surface area contributed by atoms with Crippen molar-refractivity contribution in [2.75, 3.05) is 20.3 Å². The Labute approximate surface area is 124 Å². The highest BCUT2D eigenvalue weighted by molar-refractivity contribution is 5.31. The lowest BCUT2D eigenvalue weighted by Gasteiger charge is -2.14. The maximum absolute atomic E-state index is 9.00. The van der Waals surface area contributed by atoms with E-state index < -0.39 is 0 Å². The van der Waals surface area contributed by atoms with E-state index in [9.17, 15) is 0 Å². The second kappa shape index (κ2) is 8.29. The van der Waals surface area contributed by atoms with Crippen LogP contribution in [0.2, 0.25) is 0 Å². The van der Waals surface area contributed by atoms with E-state index in [0.29, 0.717) is 13.2 Å². The Balaban J connectivity index is 1.81. The number of benzene rings is 2. The Hall–Kier alpha value is -2.04. The summed E-state index contributed by atoms with van der Waals surface area (Å²) in [5.41, 5.74) is 1.13. The van der Waals surface area contributed by atoms with Crippen LogP contribution < -0.4 is 9.47 Å². The average molecular weight is 288 g/mol. The molecule has 21 heavy (non-hydrogen) atoms. The van der Waals surface area contributed by atoms with E-state index in [0.717, 1.165) is 17.1 Å². The first-order chi connectivity index (χ1) is 10.3. The summed E-state index contributed by atoms with van der Waals surface area (Å²) in [6.07, 6.45) is -0.306. The second-order valence-electron chi connectivity index (χ2n) is 4.60. The molecule has 0 aliphatic carbocycles. The minimum absolute atomic E-state index is 0.0607. The largest absolute Gasteiger partial charge is 0.491 e. The lowest BCUT2D eigenvalue weighted by Crippen LogP contribution is -2.24. The molecule has 0 aliphatic heterocycles. The third-order valence-corrected chi connectivity index (χ3v) is 3.04. The van der Waals surface area contributed by atoms with E-state index in [-0.39, 0.29) is 12.7 Å². The topological polar surface area (TPSA) is 47.9 Å². The van der Waals surface area contributed by atoms with E-state index in [1.807, 2.05) is 54.6 Å². The smallest absolute Gasteiger partial charge is 0.120 e. The Bertz CT molecular complexity index is 506. The predicted octanol–water partition coefficient (Wildman–Crippen LogP) is 2.65. The summed E-state index contributed by atoms with van der Waals surface area (Å²) in [7, 11) is 1.55. The number of aliphatic hydroxyl groups excluding tert-OH is 1. The Kier molecular flexibility index (Phi) is 6.06. The number of ether oxygens (including phenoxy) is 3. The van der Waals surface area contributed by atoms with Crippen molar-refractivity contribution in [3.05, 3.63) is 60.2 Å². The van der Waals surface area contributed by atoms with Crippen LogP contribution >= 0.6 is 0 Å². The van der Waals surface area contributed by atoms with Gasteiger partial charge in [-0.05, 0) is 29.8 Å². The predicted molar refractivity (Wildman–Crippen MR) is 80.6 cm³/mol. The normalized spacial score (nSPS) is 11.9. The van der Waals surface area contributed by atoms with Gasteiger partial charge in [-0.3, -0.25) is 0 Å². The molecule has 0 fully saturated rings. The van der Waals surface area contributed by atoms with Crippen molar-refractivity contribution in [1.29, 1.82) is 0 Å². The lowest BCUT2D eigenvalue weighted by molar-refractivity contribution is 0.0164.